The molecule has 0 fully saturated rings. The van der Waals surface area contributed by atoms with Gasteiger partial charge in [0.05, 0.1) is 0 Å². The zero-order valence-corrected chi connectivity index (χ0v) is 5.31. The van der Waals surface area contributed by atoms with Crippen LogP contribution in [0.5, 0.6) is 0 Å². The molecule has 1 aromatic heterocycles. The molecule has 2 rings (SSSR count). The van der Waals surface area contributed by atoms with Crippen LogP contribution in [0.1, 0.15) is 11.5 Å². The topological polar surface area (TPSA) is 17.8 Å². The molecule has 0 atom stereocenters. The molecule has 0 bridgehead atoms. The summed E-state index contributed by atoms with van der Waals surface area (Å²) in [6.07, 6.45) is 6.99. The van der Waals surface area contributed by atoms with E-state index in [1.54, 1.807) is 0 Å². The second kappa shape index (κ2) is 1.59. The molecule has 0 aliphatic carbocycles. The fourth-order valence-corrected chi connectivity index (χ4v) is 1.08. The zero-order chi connectivity index (χ0) is 6.27. The molecule has 1 aliphatic heterocycles. The molecule has 0 amide bonds. The van der Waals surface area contributed by atoms with Crippen molar-refractivity contribution in [2.24, 2.45) is 0 Å². The SMILES string of the molecule is Cc1[c]nc2n1C[C]C2. The lowest BCUT2D eigenvalue weighted by molar-refractivity contribution is 0.797. The molecule has 45 valence electrons. The average molecular weight is 119 g/mol. The van der Waals surface area contributed by atoms with Crippen molar-refractivity contribution in [3.8, 4) is 0 Å². The lowest BCUT2D eigenvalue weighted by Crippen LogP contribution is -1.93. The standard InChI is InChI=1S/C7H7N2/c1-6-5-8-7-3-2-4-9(6)7/h3-4H2,1H3. The fourth-order valence-electron chi connectivity index (χ4n) is 1.08. The van der Waals surface area contributed by atoms with Crippen molar-refractivity contribution in [2.75, 3.05) is 0 Å². The Morgan fingerprint density at radius 2 is 2.56 bits per heavy atom. The van der Waals surface area contributed by atoms with E-state index in [-0.39, 0.29) is 0 Å². The highest BCUT2D eigenvalue weighted by Crippen LogP contribution is 2.13. The Morgan fingerprint density at radius 1 is 1.67 bits per heavy atom. The van der Waals surface area contributed by atoms with Gasteiger partial charge in [-0.25, -0.2) is 4.98 Å². The van der Waals surface area contributed by atoms with Crippen molar-refractivity contribution in [1.82, 2.24) is 9.55 Å². The first-order chi connectivity index (χ1) is 4.38. The molecule has 9 heavy (non-hydrogen) atoms. The van der Waals surface area contributed by atoms with Crippen molar-refractivity contribution in [3.63, 3.8) is 0 Å². The van der Waals surface area contributed by atoms with E-state index in [9.17, 15) is 0 Å². The molecule has 2 heterocycles. The summed E-state index contributed by atoms with van der Waals surface area (Å²) in [5, 5.41) is 0. The van der Waals surface area contributed by atoms with E-state index in [1.807, 2.05) is 6.92 Å². The van der Waals surface area contributed by atoms with E-state index < -0.39 is 0 Å². The van der Waals surface area contributed by atoms with Gasteiger partial charge in [0.15, 0.2) is 0 Å². The lowest BCUT2D eigenvalue weighted by atomic mass is 10.4. The van der Waals surface area contributed by atoms with Gasteiger partial charge in [0.1, 0.15) is 12.0 Å². The van der Waals surface area contributed by atoms with Crippen molar-refractivity contribution < 1.29 is 0 Å². The van der Waals surface area contributed by atoms with E-state index in [4.69, 9.17) is 0 Å². The Bertz CT molecular complexity index is 225. The van der Waals surface area contributed by atoms with Crippen LogP contribution in [0, 0.1) is 19.5 Å². The number of rotatable bonds is 0. The average Bonchev–Trinajstić information content (AvgIpc) is 2.35. The normalized spacial score (nSPS) is 16.1. The molecule has 1 aliphatic rings. The van der Waals surface area contributed by atoms with E-state index >= 15 is 0 Å². The Labute approximate surface area is 54.5 Å². The van der Waals surface area contributed by atoms with Gasteiger partial charge in [0, 0.05) is 25.1 Å². The van der Waals surface area contributed by atoms with E-state index in [0.717, 1.165) is 24.5 Å². The van der Waals surface area contributed by atoms with Gasteiger partial charge < -0.3 is 4.57 Å². The van der Waals surface area contributed by atoms with Gasteiger partial charge in [-0.05, 0) is 6.92 Å². The van der Waals surface area contributed by atoms with Gasteiger partial charge in [-0.1, -0.05) is 0 Å². The Hall–Kier alpha value is -0.790. The summed E-state index contributed by atoms with van der Waals surface area (Å²) in [6.45, 7) is 2.92. The smallest absolute Gasteiger partial charge is 0.112 e. The highest BCUT2D eigenvalue weighted by atomic mass is 15.1. The quantitative estimate of drug-likeness (QED) is 0.489. The first-order valence-electron chi connectivity index (χ1n) is 3.02. The minimum absolute atomic E-state index is 0.893. The summed E-state index contributed by atoms with van der Waals surface area (Å²) < 4.78 is 2.12. The van der Waals surface area contributed by atoms with Crippen molar-refractivity contribution in [3.05, 3.63) is 24.1 Å². The maximum atomic E-state index is 4.07. The number of imidazole rings is 1. The van der Waals surface area contributed by atoms with Gasteiger partial charge in [0.25, 0.3) is 0 Å². The van der Waals surface area contributed by atoms with Gasteiger partial charge in [-0.2, -0.15) is 0 Å². The van der Waals surface area contributed by atoms with Crippen LogP contribution < -0.4 is 0 Å². The third-order valence-corrected chi connectivity index (χ3v) is 1.62. The molecule has 0 aromatic carbocycles. The molecule has 0 unspecified atom stereocenters. The highest BCUT2D eigenvalue weighted by Gasteiger charge is 2.12. The van der Waals surface area contributed by atoms with E-state index in [2.05, 4.69) is 22.2 Å². The largest absolute Gasteiger partial charge is 0.331 e. The summed E-state index contributed by atoms with van der Waals surface area (Å²) in [4.78, 5) is 4.07. The first kappa shape index (κ1) is 5.03. The molecule has 1 aromatic rings. The number of aryl methyl sites for hydroxylation is 1. The summed E-state index contributed by atoms with van der Waals surface area (Å²) >= 11 is 0. The Kier molecular flexibility index (Phi) is 0.891. The monoisotopic (exact) mass is 119 g/mol. The lowest BCUT2D eigenvalue weighted by Gasteiger charge is -1.94. The number of fused-ring (bicyclic) bond motifs is 1. The van der Waals surface area contributed by atoms with Crippen molar-refractivity contribution >= 4 is 0 Å². The second-order valence-electron chi connectivity index (χ2n) is 2.24. The predicted molar refractivity (Wildman–Crippen MR) is 32.7 cm³/mol. The van der Waals surface area contributed by atoms with Crippen LogP contribution in [0.25, 0.3) is 0 Å². The van der Waals surface area contributed by atoms with Crippen molar-refractivity contribution in [2.45, 2.75) is 19.9 Å². The molecule has 0 saturated heterocycles. The maximum absolute atomic E-state index is 4.07. The van der Waals surface area contributed by atoms with Gasteiger partial charge >= 0.3 is 0 Å². The summed E-state index contributed by atoms with van der Waals surface area (Å²) in [5.74, 6) is 1.10. The van der Waals surface area contributed by atoms with Crippen LogP contribution in [0.15, 0.2) is 0 Å². The van der Waals surface area contributed by atoms with Gasteiger partial charge in [0.2, 0.25) is 0 Å². The third kappa shape index (κ3) is 0.590. The second-order valence-corrected chi connectivity index (χ2v) is 2.24. The zero-order valence-electron chi connectivity index (χ0n) is 5.31. The molecule has 3 radical (unpaired) electrons. The molecular formula is C7H7N2. The Balaban J connectivity index is 2.56. The van der Waals surface area contributed by atoms with Crippen LogP contribution in [0.4, 0.5) is 0 Å². The molecule has 0 spiro atoms. The predicted octanol–water partition coefficient (Wildman–Crippen LogP) is 0.629. The molecule has 2 heteroatoms. The molecule has 2 nitrogen and oxygen atoms in total. The maximum Gasteiger partial charge on any atom is 0.112 e. The number of hydrogen-bond acceptors (Lipinski definition) is 1. The van der Waals surface area contributed by atoms with Gasteiger partial charge in [-0.15, -0.1) is 0 Å². The van der Waals surface area contributed by atoms with E-state index in [0.29, 0.717) is 0 Å². The van der Waals surface area contributed by atoms with Crippen LogP contribution >= 0.6 is 0 Å². The highest BCUT2D eigenvalue weighted by molar-refractivity contribution is 5.09. The van der Waals surface area contributed by atoms with Crippen LogP contribution in [-0.4, -0.2) is 9.55 Å². The summed E-state index contributed by atoms with van der Waals surface area (Å²) in [5.41, 5.74) is 1.12. The van der Waals surface area contributed by atoms with Crippen LogP contribution in [0.2, 0.25) is 0 Å². The van der Waals surface area contributed by atoms with E-state index in [1.165, 1.54) is 0 Å². The molecule has 0 N–H and O–H groups in total. The first-order valence-corrected chi connectivity index (χ1v) is 3.02. The van der Waals surface area contributed by atoms with Crippen molar-refractivity contribution in [1.29, 1.82) is 0 Å². The fraction of sp³-hybridized carbons (Fsp3) is 0.429. The minimum Gasteiger partial charge on any atom is -0.331 e. The number of nitrogens with zero attached hydrogens (tertiary/aromatic N) is 2. The number of aromatic nitrogens is 2. The Morgan fingerprint density at radius 3 is 3.33 bits per heavy atom. The summed E-state index contributed by atoms with van der Waals surface area (Å²) in [6, 6.07) is 0. The summed E-state index contributed by atoms with van der Waals surface area (Å²) in [7, 11) is 0. The van der Waals surface area contributed by atoms with Crippen LogP contribution in [0.3, 0.4) is 0 Å². The minimum atomic E-state index is 0.893. The third-order valence-electron chi connectivity index (χ3n) is 1.62. The molecule has 0 saturated carbocycles. The van der Waals surface area contributed by atoms with Gasteiger partial charge in [-0.3, -0.25) is 0 Å². The van der Waals surface area contributed by atoms with Crippen LogP contribution in [-0.2, 0) is 13.0 Å². The number of hydrogen-bond donors (Lipinski definition) is 0. The molecular weight excluding hydrogens is 112 g/mol.